The molecule has 1 aromatic carbocycles. The lowest BCUT2D eigenvalue weighted by molar-refractivity contribution is 0.0954. The van der Waals surface area contributed by atoms with Crippen molar-refractivity contribution in [3.05, 3.63) is 34.3 Å². The molecule has 0 aliphatic carbocycles. The minimum Gasteiger partial charge on any atom is -0.354 e. The molecule has 24 heavy (non-hydrogen) atoms. The van der Waals surface area contributed by atoms with Crippen LogP contribution < -0.4 is 10.6 Å². The molecule has 0 aromatic heterocycles. The van der Waals surface area contributed by atoms with Crippen LogP contribution in [-0.4, -0.2) is 50.0 Å². The quantitative estimate of drug-likeness (QED) is 0.284. The lowest BCUT2D eigenvalue weighted by Crippen LogP contribution is -2.47. The van der Waals surface area contributed by atoms with Gasteiger partial charge >= 0.3 is 0 Å². The molecule has 1 aromatic rings. The number of aliphatic imine (C=N–C) groups is 1. The van der Waals surface area contributed by atoms with Crippen LogP contribution in [0.2, 0.25) is 0 Å². The SMILES string of the molecule is CN=C(NCCNC(=O)c1cccc(Br)c1)N1CCC(C)CC1.I. The minimum atomic E-state index is -0.0603. The van der Waals surface area contributed by atoms with Gasteiger partial charge in [-0.15, -0.1) is 24.0 Å². The fraction of sp³-hybridized carbons (Fsp3) is 0.529. The maximum atomic E-state index is 12.0. The number of guanidine groups is 1. The number of nitrogens with zero attached hydrogens (tertiary/aromatic N) is 2. The van der Waals surface area contributed by atoms with Crippen molar-refractivity contribution in [3.63, 3.8) is 0 Å². The molecule has 0 unspecified atom stereocenters. The van der Waals surface area contributed by atoms with Crippen LogP contribution in [0.1, 0.15) is 30.1 Å². The van der Waals surface area contributed by atoms with Gasteiger partial charge in [-0.3, -0.25) is 9.79 Å². The van der Waals surface area contributed by atoms with Gasteiger partial charge in [-0.05, 0) is 37.0 Å². The maximum Gasteiger partial charge on any atom is 0.251 e. The highest BCUT2D eigenvalue weighted by Crippen LogP contribution is 2.15. The van der Waals surface area contributed by atoms with Gasteiger partial charge in [0.25, 0.3) is 5.91 Å². The number of nitrogens with one attached hydrogen (secondary N) is 2. The molecule has 134 valence electrons. The standard InChI is InChI=1S/C17H25BrN4O.HI/c1-13-6-10-22(11-7-13)17(19-2)21-9-8-20-16(23)14-4-3-5-15(18)12-14;/h3-5,12-13H,6-11H2,1-2H3,(H,19,21)(H,20,23);1H. The Morgan fingerprint density at radius 3 is 2.58 bits per heavy atom. The fourth-order valence-corrected chi connectivity index (χ4v) is 3.03. The smallest absolute Gasteiger partial charge is 0.251 e. The minimum absolute atomic E-state index is 0. The summed E-state index contributed by atoms with van der Waals surface area (Å²) in [5, 5.41) is 6.24. The molecule has 0 spiro atoms. The Morgan fingerprint density at radius 2 is 1.96 bits per heavy atom. The third-order valence-electron chi connectivity index (χ3n) is 4.08. The average Bonchev–Trinajstić information content (AvgIpc) is 2.56. The van der Waals surface area contributed by atoms with Crippen LogP contribution in [0.25, 0.3) is 0 Å². The van der Waals surface area contributed by atoms with E-state index in [4.69, 9.17) is 0 Å². The molecule has 1 heterocycles. The molecule has 2 N–H and O–H groups in total. The van der Waals surface area contributed by atoms with E-state index in [-0.39, 0.29) is 29.9 Å². The average molecular weight is 509 g/mol. The third kappa shape index (κ3) is 6.58. The summed E-state index contributed by atoms with van der Waals surface area (Å²) in [7, 11) is 1.81. The van der Waals surface area contributed by atoms with Crippen molar-refractivity contribution in [2.75, 3.05) is 33.2 Å². The molecular formula is C17H26BrIN4O. The number of hydrogen-bond acceptors (Lipinski definition) is 2. The van der Waals surface area contributed by atoms with Crippen molar-refractivity contribution in [2.24, 2.45) is 10.9 Å². The van der Waals surface area contributed by atoms with Gasteiger partial charge in [0, 0.05) is 43.3 Å². The van der Waals surface area contributed by atoms with Crippen LogP contribution in [0.3, 0.4) is 0 Å². The van der Waals surface area contributed by atoms with Crippen LogP contribution >= 0.6 is 39.9 Å². The number of halogens is 2. The first kappa shape index (κ1) is 21.2. The molecule has 0 radical (unpaired) electrons. The predicted octanol–water partition coefficient (Wildman–Crippen LogP) is 3.10. The summed E-state index contributed by atoms with van der Waals surface area (Å²) >= 11 is 3.38. The Labute approximate surface area is 169 Å². The van der Waals surface area contributed by atoms with E-state index in [1.807, 2.05) is 18.2 Å². The number of carbonyl (C=O) groups is 1. The van der Waals surface area contributed by atoms with Crippen LogP contribution in [-0.2, 0) is 0 Å². The van der Waals surface area contributed by atoms with E-state index in [9.17, 15) is 4.79 Å². The molecule has 5 nitrogen and oxygen atoms in total. The van der Waals surface area contributed by atoms with Crippen molar-refractivity contribution >= 4 is 51.8 Å². The number of likely N-dealkylation sites (tertiary alicyclic amines) is 1. The number of carbonyl (C=O) groups excluding carboxylic acids is 1. The molecule has 1 aliphatic heterocycles. The monoisotopic (exact) mass is 508 g/mol. The summed E-state index contributed by atoms with van der Waals surface area (Å²) in [5.74, 6) is 1.66. The van der Waals surface area contributed by atoms with E-state index in [0.29, 0.717) is 18.7 Å². The second-order valence-corrected chi connectivity index (χ2v) is 6.83. The first-order chi connectivity index (χ1) is 11.1. The van der Waals surface area contributed by atoms with Crippen molar-refractivity contribution in [2.45, 2.75) is 19.8 Å². The molecule has 0 atom stereocenters. The van der Waals surface area contributed by atoms with Gasteiger partial charge in [0.1, 0.15) is 0 Å². The van der Waals surface area contributed by atoms with E-state index >= 15 is 0 Å². The molecular weight excluding hydrogens is 483 g/mol. The zero-order valence-electron chi connectivity index (χ0n) is 14.2. The largest absolute Gasteiger partial charge is 0.354 e. The van der Waals surface area contributed by atoms with Crippen LogP contribution in [0.15, 0.2) is 33.7 Å². The second kappa shape index (κ2) is 10.9. The van der Waals surface area contributed by atoms with Crippen molar-refractivity contribution < 1.29 is 4.79 Å². The van der Waals surface area contributed by atoms with Crippen LogP contribution in [0, 0.1) is 5.92 Å². The van der Waals surface area contributed by atoms with E-state index in [1.165, 1.54) is 12.8 Å². The maximum absolute atomic E-state index is 12.0. The molecule has 7 heteroatoms. The highest BCUT2D eigenvalue weighted by Gasteiger charge is 2.18. The number of rotatable bonds is 4. The Hall–Kier alpha value is -0.830. The molecule has 1 saturated heterocycles. The number of benzene rings is 1. The summed E-state index contributed by atoms with van der Waals surface area (Å²) in [6, 6.07) is 7.39. The lowest BCUT2D eigenvalue weighted by Gasteiger charge is -2.32. The van der Waals surface area contributed by atoms with Gasteiger partial charge in [0.05, 0.1) is 0 Å². The van der Waals surface area contributed by atoms with E-state index in [1.54, 1.807) is 13.1 Å². The van der Waals surface area contributed by atoms with Crippen molar-refractivity contribution in [1.29, 1.82) is 0 Å². The lowest BCUT2D eigenvalue weighted by atomic mass is 10.00. The first-order valence-electron chi connectivity index (χ1n) is 8.09. The second-order valence-electron chi connectivity index (χ2n) is 5.91. The Morgan fingerprint density at radius 1 is 1.29 bits per heavy atom. The third-order valence-corrected chi connectivity index (χ3v) is 4.57. The van der Waals surface area contributed by atoms with Gasteiger partial charge in [0.2, 0.25) is 0 Å². The number of amides is 1. The summed E-state index contributed by atoms with van der Waals surface area (Å²) in [6.07, 6.45) is 2.42. The Kier molecular flexibility index (Phi) is 9.65. The fourth-order valence-electron chi connectivity index (χ4n) is 2.63. The summed E-state index contributed by atoms with van der Waals surface area (Å²) < 4.78 is 0.906. The number of hydrogen-bond donors (Lipinski definition) is 2. The van der Waals surface area contributed by atoms with Gasteiger partial charge in [0.15, 0.2) is 5.96 Å². The highest BCUT2D eigenvalue weighted by molar-refractivity contribution is 14.0. The van der Waals surface area contributed by atoms with Crippen molar-refractivity contribution in [3.8, 4) is 0 Å². The molecule has 1 fully saturated rings. The molecule has 1 amide bonds. The first-order valence-corrected chi connectivity index (χ1v) is 8.89. The zero-order valence-corrected chi connectivity index (χ0v) is 18.1. The summed E-state index contributed by atoms with van der Waals surface area (Å²) in [5.41, 5.74) is 0.661. The predicted molar refractivity (Wildman–Crippen MR) is 113 cm³/mol. The van der Waals surface area contributed by atoms with Gasteiger partial charge in [-0.1, -0.05) is 28.9 Å². The Bertz CT molecular complexity index is 559. The molecule has 2 rings (SSSR count). The van der Waals surface area contributed by atoms with E-state index in [2.05, 4.69) is 43.4 Å². The molecule has 0 bridgehead atoms. The molecule has 0 saturated carbocycles. The summed E-state index contributed by atoms with van der Waals surface area (Å²) in [4.78, 5) is 18.7. The summed E-state index contributed by atoms with van der Waals surface area (Å²) in [6.45, 7) is 5.62. The molecule has 1 aliphatic rings. The Balaban J connectivity index is 0.00000288. The van der Waals surface area contributed by atoms with Crippen LogP contribution in [0.5, 0.6) is 0 Å². The van der Waals surface area contributed by atoms with Gasteiger partial charge < -0.3 is 15.5 Å². The van der Waals surface area contributed by atoms with Crippen LogP contribution in [0.4, 0.5) is 0 Å². The van der Waals surface area contributed by atoms with E-state index in [0.717, 1.165) is 29.4 Å². The zero-order chi connectivity index (χ0) is 16.7. The number of piperidine rings is 1. The van der Waals surface area contributed by atoms with Gasteiger partial charge in [-0.25, -0.2) is 0 Å². The topological polar surface area (TPSA) is 56.7 Å². The van der Waals surface area contributed by atoms with E-state index < -0.39 is 0 Å². The van der Waals surface area contributed by atoms with Gasteiger partial charge in [-0.2, -0.15) is 0 Å². The highest BCUT2D eigenvalue weighted by atomic mass is 127. The van der Waals surface area contributed by atoms with Crippen molar-refractivity contribution in [1.82, 2.24) is 15.5 Å². The normalized spacial score (nSPS) is 15.6.